The number of halogens is 4. The van der Waals surface area contributed by atoms with Gasteiger partial charge in [-0.2, -0.15) is 13.2 Å². The van der Waals surface area contributed by atoms with Crippen LogP contribution in [0.3, 0.4) is 0 Å². The summed E-state index contributed by atoms with van der Waals surface area (Å²) in [6, 6.07) is 11.4. The van der Waals surface area contributed by atoms with Crippen molar-refractivity contribution in [1.82, 2.24) is 4.90 Å². The number of hydrogen-bond donors (Lipinski definition) is 0. The van der Waals surface area contributed by atoms with Crippen molar-refractivity contribution >= 4 is 17.5 Å². The van der Waals surface area contributed by atoms with Gasteiger partial charge < -0.3 is 14.4 Å². The summed E-state index contributed by atoms with van der Waals surface area (Å²) in [7, 11) is 0. The summed E-state index contributed by atoms with van der Waals surface area (Å²) in [4.78, 5) is 14.2. The van der Waals surface area contributed by atoms with Gasteiger partial charge in [0.1, 0.15) is 11.5 Å². The third kappa shape index (κ3) is 6.29. The zero-order valence-electron chi connectivity index (χ0n) is 15.6. The van der Waals surface area contributed by atoms with E-state index in [1.54, 1.807) is 29.2 Å². The maximum Gasteiger partial charge on any atom is 0.416 e. The van der Waals surface area contributed by atoms with E-state index in [2.05, 4.69) is 0 Å². The van der Waals surface area contributed by atoms with Crippen molar-refractivity contribution < 1.29 is 27.4 Å². The number of carbonyl (C=O) groups excluding carboxylic acids is 1. The molecule has 1 aliphatic rings. The molecule has 1 heterocycles. The Bertz CT molecular complexity index is 809. The molecule has 2 aromatic rings. The number of carbonyl (C=O) groups is 1. The lowest BCUT2D eigenvalue weighted by Crippen LogP contribution is -2.43. The highest BCUT2D eigenvalue weighted by Gasteiger charge is 2.30. The quantitative estimate of drug-likeness (QED) is 0.647. The van der Waals surface area contributed by atoms with Crippen LogP contribution in [0.2, 0.25) is 5.02 Å². The number of nitrogens with zero attached hydrogens (tertiary/aromatic N) is 1. The Kier molecular flexibility index (Phi) is 6.90. The van der Waals surface area contributed by atoms with Crippen LogP contribution in [-0.4, -0.2) is 37.1 Å². The molecule has 1 amide bonds. The molecule has 156 valence electrons. The maximum atomic E-state index is 12.6. The Morgan fingerprint density at radius 3 is 2.31 bits per heavy atom. The van der Waals surface area contributed by atoms with Gasteiger partial charge in [0.15, 0.2) is 6.61 Å². The minimum Gasteiger partial charge on any atom is -0.493 e. The summed E-state index contributed by atoms with van der Waals surface area (Å²) in [6.45, 7) is 1.46. The third-order valence-electron chi connectivity index (χ3n) is 4.71. The van der Waals surface area contributed by atoms with Gasteiger partial charge in [0.05, 0.1) is 12.2 Å². The number of benzene rings is 2. The Labute approximate surface area is 172 Å². The number of likely N-dealkylation sites (tertiary alicyclic amines) is 1. The summed E-state index contributed by atoms with van der Waals surface area (Å²) >= 11 is 5.82. The van der Waals surface area contributed by atoms with Crippen LogP contribution in [0.5, 0.6) is 11.5 Å². The molecule has 0 N–H and O–H groups in total. The van der Waals surface area contributed by atoms with Gasteiger partial charge in [-0.25, -0.2) is 0 Å². The minimum absolute atomic E-state index is 0.0614. The Morgan fingerprint density at radius 1 is 1.03 bits per heavy atom. The lowest BCUT2D eigenvalue weighted by molar-refractivity contribution is -0.137. The first-order valence-corrected chi connectivity index (χ1v) is 9.65. The molecule has 3 rings (SSSR count). The summed E-state index contributed by atoms with van der Waals surface area (Å²) < 4.78 is 49.0. The molecule has 1 atom stereocenters. The molecule has 1 fully saturated rings. The van der Waals surface area contributed by atoms with Gasteiger partial charge in [0, 0.05) is 24.0 Å². The molecule has 1 unspecified atom stereocenters. The molecule has 4 nitrogen and oxygen atoms in total. The molecule has 0 aromatic heterocycles. The molecule has 0 saturated carbocycles. The predicted octanol–water partition coefficient (Wildman–Crippen LogP) is 5.06. The van der Waals surface area contributed by atoms with Gasteiger partial charge in [0.2, 0.25) is 0 Å². The van der Waals surface area contributed by atoms with Crippen LogP contribution in [0, 0.1) is 5.92 Å². The molecule has 0 spiro atoms. The molecular weight excluding hydrogens is 407 g/mol. The van der Waals surface area contributed by atoms with Crippen molar-refractivity contribution in [3.8, 4) is 11.5 Å². The molecule has 0 aliphatic carbocycles. The Morgan fingerprint density at radius 2 is 1.66 bits per heavy atom. The lowest BCUT2D eigenvalue weighted by atomic mass is 9.99. The number of piperidine rings is 1. The van der Waals surface area contributed by atoms with E-state index in [9.17, 15) is 18.0 Å². The highest BCUT2D eigenvalue weighted by molar-refractivity contribution is 6.30. The standard InChI is InChI=1S/C21H21ClF3NO3/c22-17-5-9-19(10-6-17)29-14-20(27)26-11-1-2-15(12-26)13-28-18-7-3-16(4-8-18)21(23,24)25/h3-10,15H,1-2,11-14H2. The fourth-order valence-electron chi connectivity index (χ4n) is 3.15. The van der Waals surface area contributed by atoms with Crippen LogP contribution in [0.25, 0.3) is 0 Å². The van der Waals surface area contributed by atoms with Crippen molar-refractivity contribution in [2.45, 2.75) is 19.0 Å². The number of amides is 1. The summed E-state index contributed by atoms with van der Waals surface area (Å²) in [5.41, 5.74) is -0.708. The average Bonchev–Trinajstić information content (AvgIpc) is 2.71. The first-order chi connectivity index (χ1) is 13.8. The Balaban J connectivity index is 1.46. The van der Waals surface area contributed by atoms with E-state index >= 15 is 0 Å². The van der Waals surface area contributed by atoms with Crippen molar-refractivity contribution in [1.29, 1.82) is 0 Å². The van der Waals surface area contributed by atoms with Crippen LogP contribution >= 0.6 is 11.6 Å². The first kappa shape index (κ1) is 21.3. The Hall–Kier alpha value is -2.41. The van der Waals surface area contributed by atoms with E-state index < -0.39 is 11.7 Å². The number of hydrogen-bond acceptors (Lipinski definition) is 3. The molecule has 8 heteroatoms. The molecule has 2 aromatic carbocycles. The number of rotatable bonds is 6. The van der Waals surface area contributed by atoms with E-state index in [0.29, 0.717) is 36.2 Å². The average molecular weight is 428 g/mol. The smallest absolute Gasteiger partial charge is 0.416 e. The fourth-order valence-corrected chi connectivity index (χ4v) is 3.28. The second-order valence-electron chi connectivity index (χ2n) is 6.92. The van der Waals surface area contributed by atoms with Gasteiger partial charge >= 0.3 is 6.18 Å². The zero-order valence-corrected chi connectivity index (χ0v) is 16.4. The normalized spacial score (nSPS) is 17.1. The van der Waals surface area contributed by atoms with E-state index in [-0.39, 0.29) is 18.4 Å². The fraction of sp³-hybridized carbons (Fsp3) is 0.381. The minimum atomic E-state index is -4.36. The van der Waals surface area contributed by atoms with Crippen LogP contribution in [0.4, 0.5) is 13.2 Å². The third-order valence-corrected chi connectivity index (χ3v) is 4.97. The summed E-state index contributed by atoms with van der Waals surface area (Å²) in [6.07, 6.45) is -2.63. The van der Waals surface area contributed by atoms with Crippen molar-refractivity contribution in [2.24, 2.45) is 5.92 Å². The highest BCUT2D eigenvalue weighted by atomic mass is 35.5. The van der Waals surface area contributed by atoms with E-state index in [1.807, 2.05) is 0 Å². The largest absolute Gasteiger partial charge is 0.493 e. The monoisotopic (exact) mass is 427 g/mol. The first-order valence-electron chi connectivity index (χ1n) is 9.27. The van der Waals surface area contributed by atoms with E-state index in [4.69, 9.17) is 21.1 Å². The topological polar surface area (TPSA) is 38.8 Å². The van der Waals surface area contributed by atoms with Crippen LogP contribution in [0.15, 0.2) is 48.5 Å². The molecule has 0 bridgehead atoms. The second kappa shape index (κ2) is 9.39. The van der Waals surface area contributed by atoms with Crippen LogP contribution in [-0.2, 0) is 11.0 Å². The number of ether oxygens (including phenoxy) is 2. The van der Waals surface area contributed by atoms with Crippen molar-refractivity contribution in [3.63, 3.8) is 0 Å². The molecule has 1 aliphatic heterocycles. The molecule has 29 heavy (non-hydrogen) atoms. The summed E-state index contributed by atoms with van der Waals surface area (Å²) in [5.74, 6) is 0.958. The van der Waals surface area contributed by atoms with Gasteiger partial charge in [-0.3, -0.25) is 4.79 Å². The number of alkyl halides is 3. The van der Waals surface area contributed by atoms with Crippen LogP contribution in [0.1, 0.15) is 18.4 Å². The van der Waals surface area contributed by atoms with Crippen molar-refractivity contribution in [3.05, 3.63) is 59.1 Å². The zero-order chi connectivity index (χ0) is 20.9. The molecular formula is C21H21ClF3NO3. The van der Waals surface area contributed by atoms with Crippen LogP contribution < -0.4 is 9.47 Å². The SMILES string of the molecule is O=C(COc1ccc(Cl)cc1)N1CCCC(COc2ccc(C(F)(F)F)cc2)C1. The molecule has 0 radical (unpaired) electrons. The molecule has 1 saturated heterocycles. The van der Waals surface area contributed by atoms with Gasteiger partial charge in [-0.15, -0.1) is 0 Å². The van der Waals surface area contributed by atoms with Gasteiger partial charge in [-0.1, -0.05) is 11.6 Å². The highest BCUT2D eigenvalue weighted by Crippen LogP contribution is 2.30. The van der Waals surface area contributed by atoms with E-state index in [1.165, 1.54) is 12.1 Å². The summed E-state index contributed by atoms with van der Waals surface area (Å²) in [5, 5.41) is 0.593. The second-order valence-corrected chi connectivity index (χ2v) is 7.36. The van der Waals surface area contributed by atoms with E-state index in [0.717, 1.165) is 25.0 Å². The van der Waals surface area contributed by atoms with Crippen molar-refractivity contribution in [2.75, 3.05) is 26.3 Å². The van der Waals surface area contributed by atoms with Gasteiger partial charge in [0.25, 0.3) is 5.91 Å². The van der Waals surface area contributed by atoms with Gasteiger partial charge in [-0.05, 0) is 61.4 Å². The predicted molar refractivity (Wildman–Crippen MR) is 103 cm³/mol. The maximum absolute atomic E-state index is 12.6. The lowest BCUT2D eigenvalue weighted by Gasteiger charge is -2.32.